The average Bonchev–Trinajstić information content (AvgIpc) is 2.85. The number of carbonyl (C=O) groups excluding carboxylic acids is 1. The number of ketones is 1. The number of hydrogen-bond donors (Lipinski definition) is 2. The second kappa shape index (κ2) is 14.0. The number of aryl methyl sites for hydroxylation is 1. The van der Waals surface area contributed by atoms with Gasteiger partial charge in [0, 0.05) is 12.7 Å². The van der Waals surface area contributed by atoms with E-state index in [-0.39, 0.29) is 24.9 Å². The van der Waals surface area contributed by atoms with Crippen LogP contribution in [-0.2, 0) is 16.1 Å². The van der Waals surface area contributed by atoms with Gasteiger partial charge in [-0.15, -0.1) is 0 Å². The van der Waals surface area contributed by atoms with E-state index in [1.165, 1.54) is 19.3 Å². The molecule has 0 bridgehead atoms. The molecule has 0 aliphatic carbocycles. The molecule has 0 heterocycles. The normalized spacial score (nSPS) is 12.3. The number of hydrogen-bond acceptors (Lipinski definition) is 6. The SMILES string of the molecule is CCCCC(C(=O)/C=C/c1ccc(OCOC)c(OC)c1)=C(O)/C=C/c1ccc(C)c(CO)c1. The van der Waals surface area contributed by atoms with Crippen molar-refractivity contribution >= 4 is 17.9 Å². The van der Waals surface area contributed by atoms with Crippen LogP contribution in [0.3, 0.4) is 0 Å². The van der Waals surface area contributed by atoms with Crippen molar-refractivity contribution in [2.75, 3.05) is 21.0 Å². The van der Waals surface area contributed by atoms with Gasteiger partial charge in [-0.2, -0.15) is 0 Å². The van der Waals surface area contributed by atoms with E-state index < -0.39 is 0 Å². The largest absolute Gasteiger partial charge is 0.508 e. The second-order valence-corrected chi connectivity index (χ2v) is 7.80. The molecule has 0 atom stereocenters. The lowest BCUT2D eigenvalue weighted by atomic mass is 10.0. The lowest BCUT2D eigenvalue weighted by Gasteiger charge is -2.10. The third-order valence-corrected chi connectivity index (χ3v) is 5.31. The molecule has 0 aliphatic rings. The van der Waals surface area contributed by atoms with Crippen LogP contribution in [0.25, 0.3) is 12.2 Å². The van der Waals surface area contributed by atoms with Crippen molar-refractivity contribution in [1.82, 2.24) is 0 Å². The van der Waals surface area contributed by atoms with Gasteiger partial charge in [0.25, 0.3) is 0 Å². The Morgan fingerprint density at radius 3 is 2.38 bits per heavy atom. The van der Waals surface area contributed by atoms with E-state index in [1.54, 1.807) is 31.4 Å². The van der Waals surface area contributed by atoms with Crippen molar-refractivity contribution in [2.24, 2.45) is 0 Å². The zero-order valence-electron chi connectivity index (χ0n) is 20.3. The standard InChI is InChI=1S/C28H34O6/c1-5-6-7-24(25(30)13-10-21-9-8-20(2)23(16-21)18-29)26(31)14-11-22-12-15-27(34-19-32-3)28(17-22)33-4/h8-17,29-30H,5-7,18-19H2,1-4H3/b13-10+,14-11+,25-24?. The van der Waals surface area contributed by atoms with E-state index in [0.717, 1.165) is 35.1 Å². The molecule has 2 N–H and O–H groups in total. The lowest BCUT2D eigenvalue weighted by Crippen LogP contribution is -2.03. The molecule has 2 rings (SSSR count). The van der Waals surface area contributed by atoms with Crippen LogP contribution >= 0.6 is 0 Å². The van der Waals surface area contributed by atoms with Crippen LogP contribution in [0.15, 0.2) is 59.9 Å². The first-order valence-electron chi connectivity index (χ1n) is 11.3. The zero-order valence-corrected chi connectivity index (χ0v) is 20.3. The Hall–Kier alpha value is -3.35. The number of carbonyl (C=O) groups is 1. The van der Waals surface area contributed by atoms with Crippen molar-refractivity contribution in [2.45, 2.75) is 39.7 Å². The summed E-state index contributed by atoms with van der Waals surface area (Å²) in [5.41, 5.74) is 3.77. The van der Waals surface area contributed by atoms with Crippen LogP contribution < -0.4 is 9.47 Å². The average molecular weight is 467 g/mol. The fraction of sp³-hybridized carbons (Fsp3) is 0.321. The van der Waals surface area contributed by atoms with Gasteiger partial charge in [0.2, 0.25) is 0 Å². The summed E-state index contributed by atoms with van der Waals surface area (Å²) in [7, 11) is 3.08. The fourth-order valence-electron chi connectivity index (χ4n) is 3.27. The van der Waals surface area contributed by atoms with E-state index in [2.05, 4.69) is 0 Å². The van der Waals surface area contributed by atoms with Crippen LogP contribution in [0.2, 0.25) is 0 Å². The maximum atomic E-state index is 12.9. The first kappa shape index (κ1) is 26.9. The fourth-order valence-corrected chi connectivity index (χ4v) is 3.27. The number of rotatable bonds is 13. The van der Waals surface area contributed by atoms with E-state index in [1.807, 2.05) is 38.1 Å². The Balaban J connectivity index is 2.25. The molecule has 0 aromatic heterocycles. The third kappa shape index (κ3) is 7.90. The third-order valence-electron chi connectivity index (χ3n) is 5.31. The molecule has 0 unspecified atom stereocenters. The number of ether oxygens (including phenoxy) is 3. The molecule has 0 aliphatic heterocycles. The highest BCUT2D eigenvalue weighted by Gasteiger charge is 2.12. The summed E-state index contributed by atoms with van der Waals surface area (Å²) in [6.07, 6.45) is 8.56. The Kier molecular flexibility index (Phi) is 11.1. The Labute approximate surface area is 201 Å². The summed E-state index contributed by atoms with van der Waals surface area (Å²) < 4.78 is 15.7. The molecule has 0 fully saturated rings. The molecule has 34 heavy (non-hydrogen) atoms. The predicted molar refractivity (Wildman–Crippen MR) is 135 cm³/mol. The van der Waals surface area contributed by atoms with E-state index in [4.69, 9.17) is 14.2 Å². The molecule has 0 saturated heterocycles. The quantitative estimate of drug-likeness (QED) is 0.169. The van der Waals surface area contributed by atoms with Crippen molar-refractivity contribution < 1.29 is 29.2 Å². The minimum Gasteiger partial charge on any atom is -0.508 e. The molecule has 2 aromatic rings. The Morgan fingerprint density at radius 2 is 1.71 bits per heavy atom. The van der Waals surface area contributed by atoms with Crippen LogP contribution in [0.1, 0.15) is 48.4 Å². The minimum absolute atomic E-state index is 0.0510. The van der Waals surface area contributed by atoms with Crippen molar-refractivity contribution in [1.29, 1.82) is 0 Å². The van der Waals surface area contributed by atoms with Crippen LogP contribution in [-0.4, -0.2) is 37.0 Å². The molecular weight excluding hydrogens is 432 g/mol. The number of benzene rings is 2. The monoisotopic (exact) mass is 466 g/mol. The molecule has 0 radical (unpaired) electrons. The van der Waals surface area contributed by atoms with E-state index >= 15 is 0 Å². The van der Waals surface area contributed by atoms with Gasteiger partial charge in [0.05, 0.1) is 13.7 Å². The maximum absolute atomic E-state index is 12.9. The topological polar surface area (TPSA) is 85.2 Å². The first-order chi connectivity index (χ1) is 16.4. The molecule has 0 saturated carbocycles. The van der Waals surface area contributed by atoms with Gasteiger partial charge in [-0.3, -0.25) is 4.79 Å². The maximum Gasteiger partial charge on any atom is 0.188 e. The van der Waals surface area contributed by atoms with Gasteiger partial charge in [-0.25, -0.2) is 0 Å². The number of unbranched alkanes of at least 4 members (excludes halogenated alkanes) is 1. The first-order valence-corrected chi connectivity index (χ1v) is 11.3. The second-order valence-electron chi connectivity index (χ2n) is 7.80. The molecule has 182 valence electrons. The summed E-state index contributed by atoms with van der Waals surface area (Å²) in [5.74, 6) is 0.753. The Bertz CT molecular complexity index is 1050. The number of aliphatic hydroxyl groups is 2. The number of aliphatic hydroxyl groups excluding tert-OH is 2. The summed E-state index contributed by atoms with van der Waals surface area (Å²) in [5, 5.41) is 20.1. The molecule has 0 spiro atoms. The summed E-state index contributed by atoms with van der Waals surface area (Å²) in [6.45, 7) is 4.02. The van der Waals surface area contributed by atoms with Gasteiger partial charge in [0.15, 0.2) is 24.1 Å². The van der Waals surface area contributed by atoms with Gasteiger partial charge in [-0.1, -0.05) is 43.7 Å². The molecular formula is C28H34O6. The van der Waals surface area contributed by atoms with Gasteiger partial charge in [-0.05, 0) is 72.4 Å². The molecule has 2 aromatic carbocycles. The summed E-state index contributed by atoms with van der Waals surface area (Å²) >= 11 is 0. The molecule has 6 nitrogen and oxygen atoms in total. The highest BCUT2D eigenvalue weighted by atomic mass is 16.7. The van der Waals surface area contributed by atoms with Crippen LogP contribution in [0.5, 0.6) is 11.5 Å². The van der Waals surface area contributed by atoms with Gasteiger partial charge in [0.1, 0.15) is 5.76 Å². The van der Waals surface area contributed by atoms with Gasteiger partial charge < -0.3 is 24.4 Å². The van der Waals surface area contributed by atoms with Crippen LogP contribution in [0, 0.1) is 6.92 Å². The van der Waals surface area contributed by atoms with Gasteiger partial charge >= 0.3 is 0 Å². The zero-order chi connectivity index (χ0) is 24.9. The molecule has 6 heteroatoms. The van der Waals surface area contributed by atoms with Crippen molar-refractivity contribution in [3.63, 3.8) is 0 Å². The van der Waals surface area contributed by atoms with Crippen molar-refractivity contribution in [3.8, 4) is 11.5 Å². The molecule has 0 amide bonds. The van der Waals surface area contributed by atoms with Crippen molar-refractivity contribution in [3.05, 3.63) is 82.1 Å². The smallest absolute Gasteiger partial charge is 0.188 e. The Morgan fingerprint density at radius 1 is 1.00 bits per heavy atom. The van der Waals surface area contributed by atoms with E-state index in [9.17, 15) is 15.0 Å². The predicted octanol–water partition coefficient (Wildman–Crippen LogP) is 5.78. The lowest BCUT2D eigenvalue weighted by molar-refractivity contribution is -0.111. The highest BCUT2D eigenvalue weighted by Crippen LogP contribution is 2.28. The number of allylic oxidation sites excluding steroid dienone is 3. The number of methoxy groups -OCH3 is 2. The minimum atomic E-state index is -0.255. The highest BCUT2D eigenvalue weighted by molar-refractivity contribution is 6.07. The summed E-state index contributed by atoms with van der Waals surface area (Å²) in [4.78, 5) is 12.9. The van der Waals surface area contributed by atoms with Crippen LogP contribution in [0.4, 0.5) is 0 Å². The van der Waals surface area contributed by atoms with E-state index in [0.29, 0.717) is 23.5 Å². The summed E-state index contributed by atoms with van der Waals surface area (Å²) in [6, 6.07) is 11.0.